The second kappa shape index (κ2) is 13.7. The molecule has 7 nitrogen and oxygen atoms in total. The highest BCUT2D eigenvalue weighted by molar-refractivity contribution is 14.0. The monoisotopic (exact) mass is 574 g/mol. The van der Waals surface area contributed by atoms with Crippen molar-refractivity contribution in [1.82, 2.24) is 15.5 Å². The van der Waals surface area contributed by atoms with Crippen molar-refractivity contribution in [3.63, 3.8) is 0 Å². The molecule has 1 aromatic rings. The van der Waals surface area contributed by atoms with Gasteiger partial charge in [-0.2, -0.15) is 0 Å². The Morgan fingerprint density at radius 3 is 2.28 bits per heavy atom. The van der Waals surface area contributed by atoms with Gasteiger partial charge in [-0.3, -0.25) is 9.79 Å². The summed E-state index contributed by atoms with van der Waals surface area (Å²) < 4.78 is 40.7. The number of benzene rings is 1. The first-order chi connectivity index (χ1) is 14.3. The van der Waals surface area contributed by atoms with Crippen molar-refractivity contribution < 1.29 is 27.8 Å². The third kappa shape index (κ3) is 12.9. The van der Waals surface area contributed by atoms with Crippen LogP contribution in [0.5, 0.6) is 5.75 Å². The van der Waals surface area contributed by atoms with Crippen molar-refractivity contribution in [2.75, 3.05) is 33.3 Å². The molecule has 1 amide bonds. The van der Waals surface area contributed by atoms with E-state index in [0.29, 0.717) is 18.9 Å². The van der Waals surface area contributed by atoms with E-state index in [-0.39, 0.29) is 66.8 Å². The molecular formula is C21H34F3IN4O3. The van der Waals surface area contributed by atoms with E-state index in [1.54, 1.807) is 11.9 Å². The molecule has 0 aliphatic heterocycles. The maximum absolute atomic E-state index is 12.3. The molecule has 0 saturated heterocycles. The molecule has 1 atom stereocenters. The van der Waals surface area contributed by atoms with E-state index in [2.05, 4.69) is 20.4 Å². The summed E-state index contributed by atoms with van der Waals surface area (Å²) in [7, 11) is 1.75. The predicted octanol–water partition coefficient (Wildman–Crippen LogP) is 3.17. The maximum atomic E-state index is 12.3. The number of guanidine groups is 1. The lowest BCUT2D eigenvalue weighted by Crippen LogP contribution is -2.48. The minimum atomic E-state index is -4.73. The van der Waals surface area contributed by atoms with E-state index < -0.39 is 6.36 Å². The van der Waals surface area contributed by atoms with Gasteiger partial charge in [-0.1, -0.05) is 12.1 Å². The highest BCUT2D eigenvalue weighted by Crippen LogP contribution is 2.23. The van der Waals surface area contributed by atoms with Gasteiger partial charge in [0.05, 0.1) is 6.54 Å². The van der Waals surface area contributed by atoms with Crippen LogP contribution in [0.15, 0.2) is 29.3 Å². The Balaban J connectivity index is 0.00000961. The van der Waals surface area contributed by atoms with Gasteiger partial charge in [0, 0.05) is 38.2 Å². The van der Waals surface area contributed by atoms with Gasteiger partial charge < -0.3 is 25.4 Å². The molecule has 0 aliphatic rings. The normalized spacial score (nSPS) is 13.1. The molecule has 0 saturated carbocycles. The Hall–Kier alpha value is -1.76. The Morgan fingerprint density at radius 2 is 1.81 bits per heavy atom. The predicted molar refractivity (Wildman–Crippen MR) is 129 cm³/mol. The number of amides is 1. The fourth-order valence-corrected chi connectivity index (χ4v) is 2.78. The van der Waals surface area contributed by atoms with E-state index in [1.165, 1.54) is 24.3 Å². The summed E-state index contributed by atoms with van der Waals surface area (Å²) in [5.41, 5.74) is 0.419. The first kappa shape index (κ1) is 30.2. The molecule has 3 N–H and O–H groups in total. The van der Waals surface area contributed by atoms with Crippen LogP contribution in [0.25, 0.3) is 0 Å². The number of likely N-dealkylation sites (N-methyl/N-ethyl adjacent to an activating group) is 1. The molecule has 1 unspecified atom stereocenters. The van der Waals surface area contributed by atoms with Crippen LogP contribution < -0.4 is 15.4 Å². The van der Waals surface area contributed by atoms with Crippen molar-refractivity contribution in [1.29, 1.82) is 0 Å². The zero-order valence-electron chi connectivity index (χ0n) is 19.1. The Bertz CT molecular complexity index is 722. The van der Waals surface area contributed by atoms with Crippen LogP contribution in [0, 0.1) is 5.92 Å². The van der Waals surface area contributed by atoms with Gasteiger partial charge in [0.25, 0.3) is 0 Å². The van der Waals surface area contributed by atoms with Crippen LogP contribution in [-0.4, -0.2) is 67.1 Å². The third-order valence-corrected chi connectivity index (χ3v) is 4.03. The molecule has 0 radical (unpaired) electrons. The van der Waals surface area contributed by atoms with E-state index in [4.69, 9.17) is 0 Å². The molecule has 0 aliphatic carbocycles. The van der Waals surface area contributed by atoms with Crippen molar-refractivity contribution >= 4 is 35.8 Å². The van der Waals surface area contributed by atoms with Crippen LogP contribution in [-0.2, 0) is 11.2 Å². The number of hydrogen-bond donors (Lipinski definition) is 3. The number of nitrogens with one attached hydrogen (secondary N) is 2. The zero-order valence-corrected chi connectivity index (χ0v) is 21.5. The smallest absolute Gasteiger partial charge is 0.406 e. The lowest BCUT2D eigenvalue weighted by atomic mass is 10.0. The summed E-state index contributed by atoms with van der Waals surface area (Å²) in [6, 6.07) is 5.54. The van der Waals surface area contributed by atoms with Crippen LogP contribution in [0.4, 0.5) is 13.2 Å². The van der Waals surface area contributed by atoms with Gasteiger partial charge in [0.15, 0.2) is 5.96 Å². The van der Waals surface area contributed by atoms with Crippen molar-refractivity contribution in [3.8, 4) is 5.75 Å². The number of carbonyl (C=O) groups is 1. The number of nitrogens with zero attached hydrogens (tertiary/aromatic N) is 2. The van der Waals surface area contributed by atoms with Crippen LogP contribution in [0.2, 0.25) is 0 Å². The van der Waals surface area contributed by atoms with Gasteiger partial charge in [-0.05, 0) is 51.8 Å². The topological polar surface area (TPSA) is 86.2 Å². The molecule has 0 spiro atoms. The lowest BCUT2D eigenvalue weighted by molar-refractivity contribution is -0.274. The molecule has 11 heteroatoms. The quantitative estimate of drug-likeness (QED) is 0.240. The zero-order chi connectivity index (χ0) is 23.7. The summed E-state index contributed by atoms with van der Waals surface area (Å²) in [5.74, 6) is -0.140. The molecule has 184 valence electrons. The first-order valence-corrected chi connectivity index (χ1v) is 10.1. The van der Waals surface area contributed by atoms with Gasteiger partial charge >= 0.3 is 6.36 Å². The molecule has 0 fully saturated rings. The Morgan fingerprint density at radius 1 is 1.22 bits per heavy atom. The number of aliphatic hydroxyl groups is 1. The highest BCUT2D eigenvalue weighted by Gasteiger charge is 2.31. The molecule has 0 aromatic heterocycles. The summed E-state index contributed by atoms with van der Waals surface area (Å²) >= 11 is 0. The second-order valence-corrected chi connectivity index (χ2v) is 8.29. The minimum absolute atomic E-state index is 0. The molecule has 1 aromatic carbocycles. The fraction of sp³-hybridized carbons (Fsp3) is 0.619. The number of halogens is 4. The molecule has 0 heterocycles. The van der Waals surface area contributed by atoms with E-state index in [1.807, 2.05) is 27.7 Å². The van der Waals surface area contributed by atoms with Gasteiger partial charge in [0.1, 0.15) is 5.75 Å². The highest BCUT2D eigenvalue weighted by atomic mass is 127. The number of carbonyl (C=O) groups excluding carboxylic acids is 1. The number of aliphatic imine (C=N–C) groups is 1. The number of ether oxygens (including phenoxy) is 1. The van der Waals surface area contributed by atoms with Crippen LogP contribution in [0.1, 0.15) is 33.3 Å². The van der Waals surface area contributed by atoms with Crippen molar-refractivity contribution in [3.05, 3.63) is 29.8 Å². The molecule has 0 bridgehead atoms. The average Bonchev–Trinajstić information content (AvgIpc) is 2.62. The summed E-state index contributed by atoms with van der Waals surface area (Å²) in [6.45, 7) is 8.48. The SMILES string of the molecule is CCNC(=NCC(CO)Cc1ccc(OC(F)(F)F)cc1)N(C)CC(=O)NC(C)(C)C.I. The minimum Gasteiger partial charge on any atom is -0.406 e. The Kier molecular flexibility index (Phi) is 13.0. The molecular weight excluding hydrogens is 540 g/mol. The fourth-order valence-electron chi connectivity index (χ4n) is 2.78. The molecule has 32 heavy (non-hydrogen) atoms. The van der Waals surface area contributed by atoms with Gasteiger partial charge in [-0.25, -0.2) is 0 Å². The maximum Gasteiger partial charge on any atom is 0.573 e. The second-order valence-electron chi connectivity index (χ2n) is 8.29. The number of aliphatic hydroxyl groups excluding tert-OH is 1. The van der Waals surface area contributed by atoms with Crippen molar-refractivity contribution in [2.45, 2.75) is 46.0 Å². The van der Waals surface area contributed by atoms with E-state index >= 15 is 0 Å². The number of alkyl halides is 3. The van der Waals surface area contributed by atoms with Gasteiger partial charge in [0.2, 0.25) is 5.91 Å². The van der Waals surface area contributed by atoms with Crippen LogP contribution in [0.3, 0.4) is 0 Å². The summed E-state index contributed by atoms with van der Waals surface area (Å²) in [4.78, 5) is 18.4. The van der Waals surface area contributed by atoms with Crippen molar-refractivity contribution in [2.24, 2.45) is 10.9 Å². The Labute approximate surface area is 204 Å². The number of rotatable bonds is 9. The number of hydrogen-bond acceptors (Lipinski definition) is 4. The summed E-state index contributed by atoms with van der Waals surface area (Å²) in [5, 5.41) is 15.7. The van der Waals surface area contributed by atoms with Gasteiger partial charge in [-0.15, -0.1) is 37.1 Å². The lowest BCUT2D eigenvalue weighted by Gasteiger charge is -2.25. The van der Waals surface area contributed by atoms with E-state index in [9.17, 15) is 23.1 Å². The average molecular weight is 574 g/mol. The van der Waals surface area contributed by atoms with E-state index in [0.717, 1.165) is 5.56 Å². The largest absolute Gasteiger partial charge is 0.573 e. The summed E-state index contributed by atoms with van der Waals surface area (Å²) in [6.07, 6.45) is -4.30. The standard InChI is InChI=1S/C21H33F3N4O3.HI/c1-6-25-19(28(5)13-18(30)27-20(2,3)4)26-12-16(14-29)11-15-7-9-17(10-8-15)31-21(22,23)24;/h7-10,16,29H,6,11-14H2,1-5H3,(H,25,26)(H,27,30);1H. The molecule has 1 rings (SSSR count). The first-order valence-electron chi connectivity index (χ1n) is 10.1. The van der Waals surface area contributed by atoms with Crippen LogP contribution >= 0.6 is 24.0 Å². The third-order valence-electron chi connectivity index (χ3n) is 4.03.